The van der Waals surface area contributed by atoms with Crippen molar-refractivity contribution in [2.75, 3.05) is 7.11 Å². The van der Waals surface area contributed by atoms with Crippen molar-refractivity contribution >= 4 is 5.97 Å². The first-order valence-electron chi connectivity index (χ1n) is 5.48. The van der Waals surface area contributed by atoms with E-state index in [4.69, 9.17) is 10.5 Å². The number of hydrogen-bond donors (Lipinski definition) is 1. The van der Waals surface area contributed by atoms with Gasteiger partial charge in [0.2, 0.25) is 0 Å². The molecular weight excluding hydrogens is 178 g/mol. The van der Waals surface area contributed by atoms with Crippen LogP contribution >= 0.6 is 0 Å². The lowest BCUT2D eigenvalue weighted by Crippen LogP contribution is -2.56. The molecule has 0 amide bonds. The van der Waals surface area contributed by atoms with E-state index in [1.807, 2.05) is 0 Å². The Balaban J connectivity index is 2.09. The van der Waals surface area contributed by atoms with E-state index in [-0.39, 0.29) is 5.97 Å². The van der Waals surface area contributed by atoms with Gasteiger partial charge in [0.1, 0.15) is 5.54 Å². The highest BCUT2D eigenvalue weighted by Gasteiger charge is 2.49. The van der Waals surface area contributed by atoms with E-state index < -0.39 is 5.54 Å². The molecule has 0 aromatic carbocycles. The fourth-order valence-corrected chi connectivity index (χ4v) is 3.11. The fraction of sp³-hybridized carbons (Fsp3) is 0.909. The normalized spacial score (nSPS) is 35.0. The maximum absolute atomic E-state index is 11.6. The average molecular weight is 197 g/mol. The molecule has 2 rings (SSSR count). The molecule has 3 heteroatoms. The molecule has 0 bridgehead atoms. The molecule has 2 aliphatic carbocycles. The van der Waals surface area contributed by atoms with Gasteiger partial charge >= 0.3 is 5.97 Å². The van der Waals surface area contributed by atoms with Gasteiger partial charge in [-0.2, -0.15) is 0 Å². The first-order valence-corrected chi connectivity index (χ1v) is 5.48. The zero-order valence-corrected chi connectivity index (χ0v) is 8.84. The van der Waals surface area contributed by atoms with E-state index in [9.17, 15) is 4.79 Å². The van der Waals surface area contributed by atoms with Gasteiger partial charge in [-0.3, -0.25) is 4.79 Å². The van der Waals surface area contributed by atoms with Gasteiger partial charge in [0.15, 0.2) is 0 Å². The minimum Gasteiger partial charge on any atom is -0.468 e. The van der Waals surface area contributed by atoms with Crippen molar-refractivity contribution in [3.8, 4) is 0 Å². The van der Waals surface area contributed by atoms with E-state index in [1.165, 1.54) is 32.8 Å². The average Bonchev–Trinajstić information content (AvgIpc) is 2.14. The van der Waals surface area contributed by atoms with E-state index in [2.05, 4.69) is 0 Å². The molecule has 0 aromatic heterocycles. The molecule has 2 saturated carbocycles. The van der Waals surface area contributed by atoms with Crippen molar-refractivity contribution in [2.45, 2.75) is 50.5 Å². The lowest BCUT2D eigenvalue weighted by Gasteiger charge is -2.50. The first kappa shape index (κ1) is 9.97. The molecule has 3 nitrogen and oxygen atoms in total. The molecule has 2 aliphatic rings. The smallest absolute Gasteiger partial charge is 0.325 e. The van der Waals surface area contributed by atoms with E-state index in [0.717, 1.165) is 19.3 Å². The number of methoxy groups -OCH3 is 1. The minimum atomic E-state index is -0.687. The monoisotopic (exact) mass is 197 g/mol. The molecule has 0 aliphatic heterocycles. The van der Waals surface area contributed by atoms with E-state index >= 15 is 0 Å². The maximum atomic E-state index is 11.6. The van der Waals surface area contributed by atoms with Crippen molar-refractivity contribution in [3.05, 3.63) is 0 Å². The Labute approximate surface area is 85.0 Å². The fourth-order valence-electron chi connectivity index (χ4n) is 3.11. The van der Waals surface area contributed by atoms with Crippen LogP contribution in [-0.2, 0) is 9.53 Å². The van der Waals surface area contributed by atoms with Crippen LogP contribution in [0.3, 0.4) is 0 Å². The van der Waals surface area contributed by atoms with Gasteiger partial charge in [-0.1, -0.05) is 12.8 Å². The molecule has 14 heavy (non-hydrogen) atoms. The molecule has 1 atom stereocenters. The van der Waals surface area contributed by atoms with Crippen LogP contribution in [0.4, 0.5) is 0 Å². The molecule has 0 aromatic rings. The Morgan fingerprint density at radius 2 is 1.79 bits per heavy atom. The molecule has 2 N–H and O–H groups in total. The van der Waals surface area contributed by atoms with Crippen molar-refractivity contribution in [1.82, 2.24) is 0 Å². The SMILES string of the molecule is COC(=O)C1(N)CCCC2(CCC2)C1. The zero-order chi connectivity index (χ0) is 10.2. The number of carbonyl (C=O) groups is 1. The lowest BCUT2D eigenvalue weighted by atomic mass is 9.56. The van der Waals surface area contributed by atoms with Gasteiger partial charge in [-0.05, 0) is 37.5 Å². The molecule has 0 saturated heterocycles. The number of hydrogen-bond acceptors (Lipinski definition) is 3. The Morgan fingerprint density at radius 3 is 2.29 bits per heavy atom. The highest BCUT2D eigenvalue weighted by atomic mass is 16.5. The molecule has 0 radical (unpaired) electrons. The predicted octanol–water partition coefficient (Wildman–Crippen LogP) is 1.60. The summed E-state index contributed by atoms with van der Waals surface area (Å²) in [5.41, 5.74) is 5.83. The second-order valence-corrected chi connectivity index (χ2v) is 5.03. The molecule has 2 fully saturated rings. The third-order valence-electron chi connectivity index (χ3n) is 4.03. The van der Waals surface area contributed by atoms with Crippen LogP contribution in [0, 0.1) is 5.41 Å². The van der Waals surface area contributed by atoms with Crippen molar-refractivity contribution in [2.24, 2.45) is 11.1 Å². The number of carbonyl (C=O) groups excluding carboxylic acids is 1. The van der Waals surface area contributed by atoms with Gasteiger partial charge < -0.3 is 10.5 Å². The van der Waals surface area contributed by atoms with Gasteiger partial charge in [0.05, 0.1) is 7.11 Å². The standard InChI is InChI=1S/C11H19NO2/c1-14-9(13)11(12)7-3-6-10(8-11)4-2-5-10/h2-8,12H2,1H3. The third kappa shape index (κ3) is 1.44. The number of nitrogens with two attached hydrogens (primary N) is 1. The Morgan fingerprint density at radius 1 is 1.21 bits per heavy atom. The molecule has 1 unspecified atom stereocenters. The summed E-state index contributed by atoms with van der Waals surface area (Å²) in [6, 6.07) is 0. The van der Waals surface area contributed by atoms with Crippen LogP contribution < -0.4 is 5.73 Å². The third-order valence-corrected chi connectivity index (χ3v) is 4.03. The van der Waals surface area contributed by atoms with Gasteiger partial charge in [0, 0.05) is 0 Å². The summed E-state index contributed by atoms with van der Waals surface area (Å²) in [6.45, 7) is 0. The summed E-state index contributed by atoms with van der Waals surface area (Å²) in [4.78, 5) is 11.6. The minimum absolute atomic E-state index is 0.219. The highest BCUT2D eigenvalue weighted by molar-refractivity contribution is 5.80. The van der Waals surface area contributed by atoms with Gasteiger partial charge in [-0.25, -0.2) is 0 Å². The molecule has 0 heterocycles. The summed E-state index contributed by atoms with van der Waals surface area (Å²) in [6.07, 6.45) is 7.77. The Hall–Kier alpha value is -0.570. The van der Waals surface area contributed by atoms with Crippen LogP contribution in [0.5, 0.6) is 0 Å². The van der Waals surface area contributed by atoms with Crippen molar-refractivity contribution in [1.29, 1.82) is 0 Å². The van der Waals surface area contributed by atoms with E-state index in [0.29, 0.717) is 5.41 Å². The largest absolute Gasteiger partial charge is 0.468 e. The number of ether oxygens (including phenoxy) is 1. The van der Waals surface area contributed by atoms with E-state index in [1.54, 1.807) is 0 Å². The quantitative estimate of drug-likeness (QED) is 0.650. The predicted molar refractivity (Wildman–Crippen MR) is 53.7 cm³/mol. The van der Waals surface area contributed by atoms with Crippen LogP contribution in [0.1, 0.15) is 44.9 Å². The van der Waals surface area contributed by atoms with Crippen LogP contribution in [0.2, 0.25) is 0 Å². The second-order valence-electron chi connectivity index (χ2n) is 5.03. The van der Waals surface area contributed by atoms with Crippen molar-refractivity contribution in [3.63, 3.8) is 0 Å². The summed E-state index contributed by atoms with van der Waals surface area (Å²) in [7, 11) is 1.43. The van der Waals surface area contributed by atoms with Crippen LogP contribution in [-0.4, -0.2) is 18.6 Å². The summed E-state index contributed by atoms with van der Waals surface area (Å²) in [5, 5.41) is 0. The highest BCUT2D eigenvalue weighted by Crippen LogP contribution is 2.53. The molecule has 80 valence electrons. The van der Waals surface area contributed by atoms with Gasteiger partial charge in [0.25, 0.3) is 0 Å². The van der Waals surface area contributed by atoms with Crippen molar-refractivity contribution < 1.29 is 9.53 Å². The molecular formula is C11H19NO2. The Bertz CT molecular complexity index is 248. The van der Waals surface area contributed by atoms with Crippen LogP contribution in [0.15, 0.2) is 0 Å². The summed E-state index contributed by atoms with van der Waals surface area (Å²) >= 11 is 0. The first-order chi connectivity index (χ1) is 6.60. The summed E-state index contributed by atoms with van der Waals surface area (Å²) < 4.78 is 4.79. The van der Waals surface area contributed by atoms with Gasteiger partial charge in [-0.15, -0.1) is 0 Å². The zero-order valence-electron chi connectivity index (χ0n) is 8.84. The lowest BCUT2D eigenvalue weighted by molar-refractivity contribution is -0.151. The Kier molecular flexibility index (Phi) is 2.30. The maximum Gasteiger partial charge on any atom is 0.325 e. The number of rotatable bonds is 1. The second kappa shape index (κ2) is 3.23. The van der Waals surface area contributed by atoms with Crippen LogP contribution in [0.25, 0.3) is 0 Å². The summed E-state index contributed by atoms with van der Waals surface area (Å²) in [5.74, 6) is -0.219. The molecule has 1 spiro atoms. The topological polar surface area (TPSA) is 52.3 Å². The number of esters is 1.